The third-order valence-electron chi connectivity index (χ3n) is 7.69. The molecule has 2 amide bonds. The topological polar surface area (TPSA) is 68.7 Å². The van der Waals surface area contributed by atoms with Gasteiger partial charge in [-0.05, 0) is 54.4 Å². The lowest BCUT2D eigenvalue weighted by Gasteiger charge is -2.38. The van der Waals surface area contributed by atoms with Gasteiger partial charge in [0, 0.05) is 62.1 Å². The number of amidine groups is 1. The first kappa shape index (κ1) is 29.9. The minimum absolute atomic E-state index is 0.143. The van der Waals surface area contributed by atoms with E-state index in [1.807, 2.05) is 102 Å². The summed E-state index contributed by atoms with van der Waals surface area (Å²) >= 11 is 12.5. The molecule has 0 saturated carbocycles. The fourth-order valence-electron chi connectivity index (χ4n) is 5.48. The molecule has 1 fully saturated rings. The van der Waals surface area contributed by atoms with Crippen LogP contribution in [0.3, 0.4) is 0 Å². The lowest BCUT2D eigenvalue weighted by molar-refractivity contribution is -0.109. The van der Waals surface area contributed by atoms with E-state index in [0.717, 1.165) is 28.7 Å². The molecule has 2 aliphatic rings. The Bertz CT molecular complexity index is 1440. The van der Waals surface area contributed by atoms with Crippen molar-refractivity contribution in [3.63, 3.8) is 0 Å². The van der Waals surface area contributed by atoms with Gasteiger partial charge in [0.1, 0.15) is 23.9 Å². The Balaban J connectivity index is 1.65. The molecule has 3 aromatic carbocycles. The highest BCUT2D eigenvalue weighted by Crippen LogP contribution is 2.45. The smallest absolute Gasteiger partial charge is 0.326 e. The van der Waals surface area contributed by atoms with Crippen LogP contribution >= 0.6 is 23.2 Å². The molecular weight excluding hydrogens is 573 g/mol. The van der Waals surface area contributed by atoms with Crippen LogP contribution in [-0.2, 0) is 4.79 Å². The molecule has 2 aliphatic heterocycles. The van der Waals surface area contributed by atoms with Gasteiger partial charge < -0.3 is 19.3 Å². The van der Waals surface area contributed by atoms with Gasteiger partial charge in [0.05, 0.1) is 24.8 Å². The summed E-state index contributed by atoms with van der Waals surface area (Å²) in [4.78, 5) is 38.6. The first-order valence-electron chi connectivity index (χ1n) is 14.1. The van der Waals surface area contributed by atoms with Crippen molar-refractivity contribution in [1.82, 2.24) is 14.7 Å². The first-order valence-corrected chi connectivity index (χ1v) is 14.8. The molecule has 1 saturated heterocycles. The standard InChI is InChI=1S/C32H35Cl2N5O3/c1-4-42-28-21-26(36(2)3)13-14-27(28)31-35-29(22-5-9-24(33)10-6-22)30(23-7-11-25(34)12-8-23)39(31)32(41)38-17-15-37(16-18-38)19-20-40/h5-14,20-21,29-30H,4,15-19H2,1-3H3. The van der Waals surface area contributed by atoms with Crippen molar-refractivity contribution in [3.8, 4) is 5.75 Å². The minimum Gasteiger partial charge on any atom is -0.493 e. The van der Waals surface area contributed by atoms with Gasteiger partial charge in [-0.1, -0.05) is 47.5 Å². The van der Waals surface area contributed by atoms with Crippen LogP contribution in [0.25, 0.3) is 0 Å². The predicted molar refractivity (Wildman–Crippen MR) is 168 cm³/mol. The van der Waals surface area contributed by atoms with Gasteiger partial charge in [-0.25, -0.2) is 4.79 Å². The second-order valence-corrected chi connectivity index (χ2v) is 11.4. The number of carbonyl (C=O) groups is 2. The second-order valence-electron chi connectivity index (χ2n) is 10.6. The Morgan fingerprint density at radius 2 is 1.57 bits per heavy atom. The van der Waals surface area contributed by atoms with Crippen LogP contribution in [0.2, 0.25) is 10.0 Å². The summed E-state index contributed by atoms with van der Waals surface area (Å²) in [6, 6.07) is 20.2. The van der Waals surface area contributed by atoms with E-state index in [1.165, 1.54) is 0 Å². The Morgan fingerprint density at radius 1 is 0.952 bits per heavy atom. The van der Waals surface area contributed by atoms with Crippen molar-refractivity contribution in [3.05, 3.63) is 93.5 Å². The number of piperazine rings is 1. The van der Waals surface area contributed by atoms with E-state index in [0.29, 0.717) is 61.0 Å². The zero-order valence-electron chi connectivity index (χ0n) is 24.0. The van der Waals surface area contributed by atoms with E-state index in [-0.39, 0.29) is 6.03 Å². The largest absolute Gasteiger partial charge is 0.493 e. The van der Waals surface area contributed by atoms with Crippen molar-refractivity contribution >= 4 is 47.0 Å². The monoisotopic (exact) mass is 607 g/mol. The van der Waals surface area contributed by atoms with Crippen LogP contribution in [0.5, 0.6) is 5.75 Å². The summed E-state index contributed by atoms with van der Waals surface area (Å²) in [6.07, 6.45) is 0.905. The molecule has 8 nitrogen and oxygen atoms in total. The fraction of sp³-hybridized carbons (Fsp3) is 0.344. The van der Waals surface area contributed by atoms with Gasteiger partial charge >= 0.3 is 6.03 Å². The summed E-state index contributed by atoms with van der Waals surface area (Å²) in [7, 11) is 3.95. The molecule has 2 atom stereocenters. The Labute approximate surface area is 257 Å². The van der Waals surface area contributed by atoms with E-state index < -0.39 is 12.1 Å². The Morgan fingerprint density at radius 3 is 2.14 bits per heavy atom. The van der Waals surface area contributed by atoms with Crippen molar-refractivity contribution < 1.29 is 14.3 Å². The van der Waals surface area contributed by atoms with Crippen LogP contribution in [0.15, 0.2) is 71.7 Å². The SMILES string of the molecule is CCOc1cc(N(C)C)ccc1C1=NC(c2ccc(Cl)cc2)C(c2ccc(Cl)cc2)N1C(=O)N1CCN(CC=O)CC1. The summed E-state index contributed by atoms with van der Waals surface area (Å²) in [5.74, 6) is 1.20. The maximum absolute atomic E-state index is 14.6. The average Bonchev–Trinajstić information content (AvgIpc) is 3.38. The molecule has 3 aromatic rings. The number of hydrogen-bond donors (Lipinski definition) is 0. The van der Waals surface area contributed by atoms with Crippen LogP contribution in [-0.4, -0.2) is 86.3 Å². The predicted octanol–water partition coefficient (Wildman–Crippen LogP) is 5.94. The van der Waals surface area contributed by atoms with Gasteiger partial charge in [-0.2, -0.15) is 0 Å². The third-order valence-corrected chi connectivity index (χ3v) is 8.20. The second kappa shape index (κ2) is 13.2. The van der Waals surface area contributed by atoms with Crippen molar-refractivity contribution in [2.24, 2.45) is 4.99 Å². The number of benzene rings is 3. The van der Waals surface area contributed by atoms with Gasteiger partial charge in [0.15, 0.2) is 0 Å². The van der Waals surface area contributed by atoms with E-state index in [9.17, 15) is 9.59 Å². The van der Waals surface area contributed by atoms with Crippen LogP contribution in [0.4, 0.5) is 10.5 Å². The number of urea groups is 1. The molecule has 0 radical (unpaired) electrons. The van der Waals surface area contributed by atoms with Gasteiger partial charge in [0.25, 0.3) is 0 Å². The summed E-state index contributed by atoms with van der Waals surface area (Å²) in [5.41, 5.74) is 3.57. The van der Waals surface area contributed by atoms with E-state index in [4.69, 9.17) is 32.9 Å². The van der Waals surface area contributed by atoms with Crippen LogP contribution < -0.4 is 9.64 Å². The summed E-state index contributed by atoms with van der Waals surface area (Å²) in [6.45, 7) is 5.03. The van der Waals surface area contributed by atoms with Crippen LogP contribution in [0.1, 0.15) is 35.7 Å². The average molecular weight is 609 g/mol. The molecule has 220 valence electrons. The maximum atomic E-state index is 14.6. The normalized spacial score (nSPS) is 19.0. The lowest BCUT2D eigenvalue weighted by Crippen LogP contribution is -2.54. The first-order chi connectivity index (χ1) is 20.3. The number of carbonyl (C=O) groups excluding carboxylic acids is 2. The van der Waals surface area contributed by atoms with E-state index >= 15 is 0 Å². The number of amides is 2. The van der Waals surface area contributed by atoms with Gasteiger partial charge in [-0.3, -0.25) is 14.8 Å². The highest BCUT2D eigenvalue weighted by Gasteiger charge is 2.45. The molecule has 0 aromatic heterocycles. The Hall–Kier alpha value is -3.59. The highest BCUT2D eigenvalue weighted by atomic mass is 35.5. The molecule has 0 N–H and O–H groups in total. The lowest BCUT2D eigenvalue weighted by atomic mass is 9.93. The molecule has 0 aliphatic carbocycles. The van der Waals surface area contributed by atoms with Crippen molar-refractivity contribution in [2.75, 3.05) is 58.3 Å². The van der Waals surface area contributed by atoms with Gasteiger partial charge in [0.2, 0.25) is 0 Å². The molecule has 2 unspecified atom stereocenters. The minimum atomic E-state index is -0.443. The number of anilines is 1. The number of aldehydes is 1. The van der Waals surface area contributed by atoms with Gasteiger partial charge in [-0.15, -0.1) is 0 Å². The van der Waals surface area contributed by atoms with Crippen LogP contribution in [0, 0.1) is 0 Å². The molecule has 0 spiro atoms. The molecule has 10 heteroatoms. The zero-order chi connectivity index (χ0) is 29.8. The van der Waals surface area contributed by atoms with Crippen molar-refractivity contribution in [1.29, 1.82) is 0 Å². The molecule has 0 bridgehead atoms. The number of rotatable bonds is 8. The number of hydrogen-bond acceptors (Lipinski definition) is 6. The highest BCUT2D eigenvalue weighted by molar-refractivity contribution is 6.30. The van der Waals surface area contributed by atoms with Crippen molar-refractivity contribution in [2.45, 2.75) is 19.0 Å². The number of ether oxygens (including phenoxy) is 1. The third kappa shape index (κ3) is 6.26. The molecule has 2 heterocycles. The maximum Gasteiger partial charge on any atom is 0.326 e. The Kier molecular flexibility index (Phi) is 9.36. The zero-order valence-corrected chi connectivity index (χ0v) is 25.6. The number of aliphatic imine (C=N–C) groups is 1. The summed E-state index contributed by atoms with van der Waals surface area (Å²) in [5, 5.41) is 1.24. The van der Waals surface area contributed by atoms with E-state index in [1.54, 1.807) is 0 Å². The molecule has 42 heavy (non-hydrogen) atoms. The number of nitrogens with zero attached hydrogens (tertiary/aromatic N) is 5. The number of halogens is 2. The summed E-state index contributed by atoms with van der Waals surface area (Å²) < 4.78 is 6.13. The quantitative estimate of drug-likeness (QED) is 0.296. The van der Waals surface area contributed by atoms with E-state index in [2.05, 4.69) is 4.90 Å². The molecule has 5 rings (SSSR count). The molecular formula is C32H35Cl2N5O3. The fourth-order valence-corrected chi connectivity index (χ4v) is 5.73.